The lowest BCUT2D eigenvalue weighted by molar-refractivity contribution is -0.134. The van der Waals surface area contributed by atoms with Crippen LogP contribution in [0, 0.1) is 0 Å². The van der Waals surface area contributed by atoms with Crippen molar-refractivity contribution in [2.75, 3.05) is 47.0 Å². The summed E-state index contributed by atoms with van der Waals surface area (Å²) in [7, 11) is 3.11. The van der Waals surface area contributed by atoms with Gasteiger partial charge in [0, 0.05) is 42.3 Å². The minimum absolute atomic E-state index is 0.0594. The van der Waals surface area contributed by atoms with E-state index in [1.807, 2.05) is 6.07 Å². The number of halogens is 1. The van der Waals surface area contributed by atoms with Crippen molar-refractivity contribution in [3.63, 3.8) is 0 Å². The van der Waals surface area contributed by atoms with Crippen molar-refractivity contribution in [1.29, 1.82) is 0 Å². The fraction of sp³-hybridized carbons (Fsp3) is 0.333. The Morgan fingerprint density at radius 1 is 1.03 bits per heavy atom. The smallest absolute Gasteiger partial charge is 0.260 e. The van der Waals surface area contributed by atoms with Gasteiger partial charge in [0.1, 0.15) is 5.75 Å². The largest absolute Gasteiger partial charge is 0.493 e. The molecule has 0 radical (unpaired) electrons. The van der Waals surface area contributed by atoms with Crippen LogP contribution in [0.5, 0.6) is 17.2 Å². The molecule has 2 amide bonds. The molecule has 0 N–H and O–H groups in total. The van der Waals surface area contributed by atoms with Gasteiger partial charge in [0.05, 0.1) is 14.2 Å². The molecule has 2 aromatic rings. The summed E-state index contributed by atoms with van der Waals surface area (Å²) in [5.41, 5.74) is 1.35. The molecule has 0 aromatic heterocycles. The van der Waals surface area contributed by atoms with Crippen LogP contribution in [0.4, 0.5) is 0 Å². The topological polar surface area (TPSA) is 68.3 Å². The molecule has 3 rings (SSSR count). The van der Waals surface area contributed by atoms with Gasteiger partial charge in [0.25, 0.3) is 11.8 Å². The molecule has 1 fully saturated rings. The molecule has 0 spiro atoms. The molecule has 0 atom stereocenters. The maximum absolute atomic E-state index is 13.1. The highest BCUT2D eigenvalue weighted by Crippen LogP contribution is 2.33. The van der Waals surface area contributed by atoms with Gasteiger partial charge < -0.3 is 24.0 Å². The number of carbonyl (C=O) groups excluding carboxylic acids is 2. The Hall–Kier alpha value is -3.19. The molecule has 0 aliphatic carbocycles. The molecule has 1 heterocycles. The normalized spacial score (nSPS) is 13.5. The lowest BCUT2D eigenvalue weighted by atomic mass is 10.0. The second kappa shape index (κ2) is 10.9. The van der Waals surface area contributed by atoms with E-state index in [1.54, 1.807) is 60.4 Å². The first-order chi connectivity index (χ1) is 15.5. The maximum atomic E-state index is 13.1. The average Bonchev–Trinajstić information content (AvgIpc) is 2.82. The van der Waals surface area contributed by atoms with Gasteiger partial charge in [-0.05, 0) is 42.8 Å². The lowest BCUT2D eigenvalue weighted by Gasteiger charge is -2.35. The fourth-order valence-corrected chi connectivity index (χ4v) is 3.71. The number of methoxy groups -OCH3 is 2. The van der Waals surface area contributed by atoms with E-state index in [9.17, 15) is 9.59 Å². The molecule has 0 unspecified atom stereocenters. The molecular weight excluding hydrogens is 432 g/mol. The number of hydrogen-bond acceptors (Lipinski definition) is 5. The molecule has 1 saturated heterocycles. The molecule has 1 aliphatic rings. The highest BCUT2D eigenvalue weighted by molar-refractivity contribution is 6.30. The molecule has 170 valence electrons. The Morgan fingerprint density at radius 3 is 2.28 bits per heavy atom. The standard InChI is InChI=1S/C24H27ClN2O5/c1-4-5-17-14-18(15-21(30-2)23(17)31-3)24(29)27-12-10-26(11-13-27)22(28)16-32-20-8-6-19(25)7-9-20/h4,6-9,14-15H,1,5,10-13,16H2,2-3H3. The van der Waals surface area contributed by atoms with Crippen molar-refractivity contribution in [1.82, 2.24) is 9.80 Å². The van der Waals surface area contributed by atoms with Crippen LogP contribution < -0.4 is 14.2 Å². The lowest BCUT2D eigenvalue weighted by Crippen LogP contribution is -2.51. The average molecular weight is 459 g/mol. The monoisotopic (exact) mass is 458 g/mol. The predicted molar refractivity (Wildman–Crippen MR) is 123 cm³/mol. The summed E-state index contributed by atoms with van der Waals surface area (Å²) in [6.07, 6.45) is 2.30. The quantitative estimate of drug-likeness (QED) is 0.567. The van der Waals surface area contributed by atoms with Gasteiger partial charge in [0.15, 0.2) is 18.1 Å². The van der Waals surface area contributed by atoms with E-state index in [2.05, 4.69) is 6.58 Å². The van der Waals surface area contributed by atoms with Crippen LogP contribution in [0.2, 0.25) is 5.02 Å². The zero-order chi connectivity index (χ0) is 23.1. The van der Waals surface area contributed by atoms with Crippen LogP contribution in [0.15, 0.2) is 49.1 Å². The molecule has 0 saturated carbocycles. The van der Waals surface area contributed by atoms with Crippen LogP contribution in [0.3, 0.4) is 0 Å². The highest BCUT2D eigenvalue weighted by Gasteiger charge is 2.26. The van der Waals surface area contributed by atoms with Crippen LogP contribution in [0.1, 0.15) is 15.9 Å². The Bertz CT molecular complexity index is 969. The molecule has 1 aliphatic heterocycles. The second-order valence-corrected chi connectivity index (χ2v) is 7.72. The van der Waals surface area contributed by atoms with E-state index < -0.39 is 0 Å². The van der Waals surface area contributed by atoms with E-state index in [4.69, 9.17) is 25.8 Å². The van der Waals surface area contributed by atoms with Crippen LogP contribution >= 0.6 is 11.6 Å². The summed E-state index contributed by atoms with van der Waals surface area (Å²) < 4.78 is 16.4. The van der Waals surface area contributed by atoms with Crippen LogP contribution in [0.25, 0.3) is 0 Å². The van der Waals surface area contributed by atoms with Gasteiger partial charge in [-0.2, -0.15) is 0 Å². The summed E-state index contributed by atoms with van der Waals surface area (Å²) in [6.45, 7) is 5.48. The third-order valence-corrected chi connectivity index (χ3v) is 5.51. The summed E-state index contributed by atoms with van der Waals surface area (Å²) in [4.78, 5) is 29.0. The number of benzene rings is 2. The van der Waals surface area contributed by atoms with E-state index in [-0.39, 0.29) is 18.4 Å². The molecule has 2 aromatic carbocycles. The Labute approximate surface area is 193 Å². The van der Waals surface area contributed by atoms with Crippen molar-refractivity contribution in [2.24, 2.45) is 0 Å². The van der Waals surface area contributed by atoms with Gasteiger partial charge in [-0.3, -0.25) is 9.59 Å². The number of carbonyl (C=O) groups is 2. The molecule has 7 nitrogen and oxygen atoms in total. The minimum atomic E-state index is -0.119. The SMILES string of the molecule is C=CCc1cc(C(=O)N2CCN(C(=O)COc3ccc(Cl)cc3)CC2)cc(OC)c1OC. The van der Waals surface area contributed by atoms with Gasteiger partial charge in [-0.25, -0.2) is 0 Å². The Balaban J connectivity index is 1.60. The number of hydrogen-bond donors (Lipinski definition) is 0. The Morgan fingerprint density at radius 2 is 1.69 bits per heavy atom. The number of nitrogens with zero attached hydrogens (tertiary/aromatic N) is 2. The molecule has 32 heavy (non-hydrogen) atoms. The summed E-state index contributed by atoms with van der Waals surface area (Å²) in [6, 6.07) is 10.3. The fourth-order valence-electron chi connectivity index (χ4n) is 3.58. The second-order valence-electron chi connectivity index (χ2n) is 7.28. The number of amides is 2. The first-order valence-electron chi connectivity index (χ1n) is 10.3. The van der Waals surface area contributed by atoms with Crippen LogP contribution in [-0.2, 0) is 11.2 Å². The van der Waals surface area contributed by atoms with E-state index in [0.717, 1.165) is 5.56 Å². The first-order valence-corrected chi connectivity index (χ1v) is 10.7. The third kappa shape index (κ3) is 5.53. The predicted octanol–water partition coefficient (Wildman–Crippen LogP) is 3.45. The van der Waals surface area contributed by atoms with Gasteiger partial charge in [-0.15, -0.1) is 6.58 Å². The van der Waals surface area contributed by atoms with Gasteiger partial charge in [0.2, 0.25) is 0 Å². The maximum Gasteiger partial charge on any atom is 0.260 e. The van der Waals surface area contributed by atoms with Crippen molar-refractivity contribution < 1.29 is 23.8 Å². The molecule has 0 bridgehead atoms. The van der Waals surface area contributed by atoms with Crippen molar-refractivity contribution in [3.05, 3.63) is 65.2 Å². The van der Waals surface area contributed by atoms with Crippen LogP contribution in [-0.4, -0.2) is 68.6 Å². The summed E-state index contributed by atoms with van der Waals surface area (Å²) in [5, 5.41) is 0.607. The number of piperazine rings is 1. The third-order valence-electron chi connectivity index (χ3n) is 5.26. The molecular formula is C24H27ClN2O5. The van der Waals surface area contributed by atoms with E-state index in [0.29, 0.717) is 60.4 Å². The van der Waals surface area contributed by atoms with Crippen molar-refractivity contribution in [3.8, 4) is 17.2 Å². The molecule has 8 heteroatoms. The van der Waals surface area contributed by atoms with E-state index in [1.165, 1.54) is 0 Å². The van der Waals surface area contributed by atoms with Gasteiger partial charge >= 0.3 is 0 Å². The number of ether oxygens (including phenoxy) is 3. The van der Waals surface area contributed by atoms with Crippen molar-refractivity contribution >= 4 is 23.4 Å². The van der Waals surface area contributed by atoms with E-state index >= 15 is 0 Å². The minimum Gasteiger partial charge on any atom is -0.493 e. The van der Waals surface area contributed by atoms with Gasteiger partial charge in [-0.1, -0.05) is 17.7 Å². The first kappa shape index (κ1) is 23.5. The summed E-state index contributed by atoms with van der Waals surface area (Å²) in [5.74, 6) is 1.45. The Kier molecular flexibility index (Phi) is 8.00. The highest BCUT2D eigenvalue weighted by atomic mass is 35.5. The summed E-state index contributed by atoms with van der Waals surface area (Å²) >= 11 is 5.86. The zero-order valence-electron chi connectivity index (χ0n) is 18.3. The zero-order valence-corrected chi connectivity index (χ0v) is 19.1. The number of rotatable bonds is 8. The van der Waals surface area contributed by atoms with Crippen molar-refractivity contribution in [2.45, 2.75) is 6.42 Å². The number of allylic oxidation sites excluding steroid dienone is 1.